The van der Waals surface area contributed by atoms with Gasteiger partial charge in [-0.05, 0) is 31.7 Å². The monoisotopic (exact) mass is 274 g/mol. The molecular formula is C14H18N4O2. The Labute approximate surface area is 116 Å². The van der Waals surface area contributed by atoms with Crippen molar-refractivity contribution in [3.63, 3.8) is 0 Å². The molecule has 20 heavy (non-hydrogen) atoms. The van der Waals surface area contributed by atoms with E-state index in [0.717, 1.165) is 42.5 Å². The first kappa shape index (κ1) is 12.9. The number of anilines is 1. The number of hydrogen-bond acceptors (Lipinski definition) is 4. The second-order valence-corrected chi connectivity index (χ2v) is 5.39. The minimum absolute atomic E-state index is 0.183. The van der Waals surface area contributed by atoms with E-state index in [1.807, 2.05) is 19.3 Å². The summed E-state index contributed by atoms with van der Waals surface area (Å²) in [5.74, 6) is 0.0634. The highest BCUT2D eigenvalue weighted by Gasteiger charge is 2.29. The summed E-state index contributed by atoms with van der Waals surface area (Å²) in [5.41, 5.74) is 0.834. The van der Waals surface area contributed by atoms with Crippen LogP contribution in [0.5, 0.6) is 0 Å². The third-order valence-electron chi connectivity index (χ3n) is 4.26. The Kier molecular flexibility index (Phi) is 3.30. The minimum atomic E-state index is -0.666. The Morgan fingerprint density at radius 2 is 2.10 bits per heavy atom. The van der Waals surface area contributed by atoms with Gasteiger partial charge in [-0.3, -0.25) is 4.79 Å². The summed E-state index contributed by atoms with van der Waals surface area (Å²) in [5, 5.41) is 10.1. The van der Waals surface area contributed by atoms with Crippen LogP contribution >= 0.6 is 0 Å². The number of carbonyl (C=O) groups is 1. The van der Waals surface area contributed by atoms with Crippen molar-refractivity contribution in [3.05, 3.63) is 18.6 Å². The first-order chi connectivity index (χ1) is 9.66. The molecule has 0 atom stereocenters. The summed E-state index contributed by atoms with van der Waals surface area (Å²) in [6, 6.07) is 2.32. The number of nitrogens with one attached hydrogen (secondary N) is 1. The number of hydrogen-bond donors (Lipinski definition) is 2. The molecule has 6 heteroatoms. The van der Waals surface area contributed by atoms with Crippen molar-refractivity contribution in [2.75, 3.05) is 11.9 Å². The van der Waals surface area contributed by atoms with Crippen LogP contribution < -0.4 is 4.90 Å². The molecule has 6 nitrogen and oxygen atoms in total. The highest BCUT2D eigenvalue weighted by Crippen LogP contribution is 2.31. The molecule has 1 saturated carbocycles. The topological polar surface area (TPSA) is 82.1 Å². The zero-order chi connectivity index (χ0) is 14.1. The zero-order valence-electron chi connectivity index (χ0n) is 11.4. The van der Waals surface area contributed by atoms with Gasteiger partial charge in [-0.25, -0.2) is 9.97 Å². The Bertz CT molecular complexity index is 616. The molecule has 1 aliphatic rings. The Balaban J connectivity index is 1.78. The molecule has 0 bridgehead atoms. The van der Waals surface area contributed by atoms with Crippen LogP contribution in [0.3, 0.4) is 0 Å². The summed E-state index contributed by atoms with van der Waals surface area (Å²) in [7, 11) is 2.03. The lowest BCUT2D eigenvalue weighted by Crippen LogP contribution is -2.37. The SMILES string of the molecule is CN(c1ncnc2[nH]ccc12)C1CCC(C(=O)O)CC1. The molecule has 0 aromatic carbocycles. The molecule has 1 fully saturated rings. The van der Waals surface area contributed by atoms with Crippen molar-refractivity contribution in [1.82, 2.24) is 15.0 Å². The van der Waals surface area contributed by atoms with Crippen molar-refractivity contribution in [2.45, 2.75) is 31.7 Å². The number of aromatic amines is 1. The third-order valence-corrected chi connectivity index (χ3v) is 4.26. The van der Waals surface area contributed by atoms with Gasteiger partial charge in [0.05, 0.1) is 11.3 Å². The number of rotatable bonds is 3. The van der Waals surface area contributed by atoms with Crippen LogP contribution in [-0.4, -0.2) is 39.1 Å². The molecule has 0 unspecified atom stereocenters. The fraction of sp³-hybridized carbons (Fsp3) is 0.500. The number of carboxylic acids is 1. The molecule has 0 amide bonds. The molecule has 2 N–H and O–H groups in total. The van der Waals surface area contributed by atoms with E-state index in [1.165, 1.54) is 0 Å². The van der Waals surface area contributed by atoms with Gasteiger partial charge in [0, 0.05) is 19.3 Å². The number of aromatic nitrogens is 3. The van der Waals surface area contributed by atoms with Crippen LogP contribution in [0.4, 0.5) is 5.82 Å². The number of H-pyrrole nitrogens is 1. The average molecular weight is 274 g/mol. The quantitative estimate of drug-likeness (QED) is 0.895. The third kappa shape index (κ3) is 2.21. The molecule has 0 radical (unpaired) electrons. The lowest BCUT2D eigenvalue weighted by molar-refractivity contribution is -0.142. The average Bonchev–Trinajstić information content (AvgIpc) is 2.95. The van der Waals surface area contributed by atoms with Crippen LogP contribution in [0.15, 0.2) is 18.6 Å². The maximum Gasteiger partial charge on any atom is 0.306 e. The fourth-order valence-corrected chi connectivity index (χ4v) is 3.02. The zero-order valence-corrected chi connectivity index (χ0v) is 11.4. The van der Waals surface area contributed by atoms with Gasteiger partial charge in [0.1, 0.15) is 17.8 Å². The highest BCUT2D eigenvalue weighted by molar-refractivity contribution is 5.87. The maximum absolute atomic E-state index is 11.0. The van der Waals surface area contributed by atoms with Gasteiger partial charge >= 0.3 is 5.97 Å². The molecule has 2 aromatic rings. The van der Waals surface area contributed by atoms with Crippen LogP contribution in [0.1, 0.15) is 25.7 Å². The van der Waals surface area contributed by atoms with E-state index in [-0.39, 0.29) is 5.92 Å². The summed E-state index contributed by atoms with van der Waals surface area (Å²) >= 11 is 0. The number of aliphatic carboxylic acids is 1. The van der Waals surface area contributed by atoms with E-state index in [2.05, 4.69) is 19.9 Å². The Hall–Kier alpha value is -2.11. The van der Waals surface area contributed by atoms with E-state index < -0.39 is 5.97 Å². The molecule has 106 valence electrons. The molecule has 0 spiro atoms. The van der Waals surface area contributed by atoms with Crippen molar-refractivity contribution < 1.29 is 9.90 Å². The standard InChI is InChI=1S/C14H18N4O2/c1-18(10-4-2-9(3-5-10)14(19)20)13-11-6-7-15-12(11)16-8-17-13/h6-10H,2-5H2,1H3,(H,19,20)(H,15,16,17). The molecule has 1 aliphatic carbocycles. The van der Waals surface area contributed by atoms with Gasteiger partial charge in [-0.2, -0.15) is 0 Å². The first-order valence-electron chi connectivity index (χ1n) is 6.90. The Morgan fingerprint density at radius 1 is 1.35 bits per heavy atom. The molecule has 2 heterocycles. The van der Waals surface area contributed by atoms with Crippen molar-refractivity contribution >= 4 is 22.8 Å². The highest BCUT2D eigenvalue weighted by atomic mass is 16.4. The normalized spacial score (nSPS) is 22.9. The molecule has 0 saturated heterocycles. The second-order valence-electron chi connectivity index (χ2n) is 5.39. The van der Waals surface area contributed by atoms with Gasteiger partial charge in [-0.1, -0.05) is 0 Å². The maximum atomic E-state index is 11.0. The van der Waals surface area contributed by atoms with Gasteiger partial charge in [-0.15, -0.1) is 0 Å². The largest absolute Gasteiger partial charge is 0.481 e. The van der Waals surface area contributed by atoms with Gasteiger partial charge in [0.25, 0.3) is 0 Å². The Morgan fingerprint density at radius 3 is 2.80 bits per heavy atom. The number of fused-ring (bicyclic) bond motifs is 1. The predicted molar refractivity (Wildman–Crippen MR) is 75.7 cm³/mol. The fourth-order valence-electron chi connectivity index (χ4n) is 3.02. The molecule has 3 rings (SSSR count). The van der Waals surface area contributed by atoms with Crippen LogP contribution in [0, 0.1) is 5.92 Å². The van der Waals surface area contributed by atoms with Crippen LogP contribution in [0.2, 0.25) is 0 Å². The second kappa shape index (κ2) is 5.11. The van der Waals surface area contributed by atoms with E-state index in [4.69, 9.17) is 5.11 Å². The predicted octanol–water partition coefficient (Wildman–Crippen LogP) is 2.04. The van der Waals surface area contributed by atoms with Gasteiger partial charge < -0.3 is 15.0 Å². The summed E-state index contributed by atoms with van der Waals surface area (Å²) in [6.45, 7) is 0. The number of carboxylic acid groups (broad SMARTS) is 1. The van der Waals surface area contributed by atoms with Crippen molar-refractivity contribution in [3.8, 4) is 0 Å². The summed E-state index contributed by atoms with van der Waals surface area (Å²) in [6.07, 6.45) is 6.69. The van der Waals surface area contributed by atoms with Crippen molar-refractivity contribution in [1.29, 1.82) is 0 Å². The summed E-state index contributed by atoms with van der Waals surface area (Å²) < 4.78 is 0. The minimum Gasteiger partial charge on any atom is -0.481 e. The molecular weight excluding hydrogens is 256 g/mol. The first-order valence-corrected chi connectivity index (χ1v) is 6.90. The van der Waals surface area contributed by atoms with Gasteiger partial charge in [0.15, 0.2) is 0 Å². The van der Waals surface area contributed by atoms with E-state index in [9.17, 15) is 4.79 Å². The van der Waals surface area contributed by atoms with Gasteiger partial charge in [0.2, 0.25) is 0 Å². The van der Waals surface area contributed by atoms with E-state index in [1.54, 1.807) is 6.33 Å². The smallest absolute Gasteiger partial charge is 0.306 e. The van der Waals surface area contributed by atoms with Crippen LogP contribution in [-0.2, 0) is 4.79 Å². The molecule has 0 aliphatic heterocycles. The molecule has 2 aromatic heterocycles. The lowest BCUT2D eigenvalue weighted by Gasteiger charge is -2.34. The van der Waals surface area contributed by atoms with Crippen LogP contribution in [0.25, 0.3) is 11.0 Å². The van der Waals surface area contributed by atoms with Crippen molar-refractivity contribution in [2.24, 2.45) is 5.92 Å². The van der Waals surface area contributed by atoms with E-state index >= 15 is 0 Å². The number of nitrogens with zero attached hydrogens (tertiary/aromatic N) is 3. The summed E-state index contributed by atoms with van der Waals surface area (Å²) in [4.78, 5) is 24.8. The lowest BCUT2D eigenvalue weighted by atomic mass is 9.85. The van der Waals surface area contributed by atoms with E-state index in [0.29, 0.717) is 6.04 Å².